The third-order valence-electron chi connectivity index (χ3n) is 4.57. The molecule has 1 aromatic heterocycles. The van der Waals surface area contributed by atoms with Crippen molar-refractivity contribution in [2.75, 3.05) is 5.73 Å². The molecule has 0 fully saturated rings. The van der Waals surface area contributed by atoms with E-state index in [1.165, 1.54) is 0 Å². The Kier molecular flexibility index (Phi) is 3.06. The van der Waals surface area contributed by atoms with Gasteiger partial charge in [-0.15, -0.1) is 0 Å². The minimum Gasteiger partial charge on any atom is -0.859 e. The lowest BCUT2D eigenvalue weighted by atomic mass is 9.93. The van der Waals surface area contributed by atoms with Crippen LogP contribution >= 0.6 is 0 Å². The number of H-pyrrole nitrogens is 1. The van der Waals surface area contributed by atoms with Crippen molar-refractivity contribution in [2.24, 2.45) is 0 Å². The Hall–Kier alpha value is -3.27. The van der Waals surface area contributed by atoms with E-state index in [4.69, 9.17) is 11.1 Å². The number of para-hydroxylation sites is 1. The monoisotopic (exact) mass is 314 g/mol. The first-order valence-electron chi connectivity index (χ1n) is 7.72. The molecule has 3 aromatic carbocycles. The number of hydrogen-bond acceptors (Lipinski definition) is 3. The molecule has 4 heteroatoms. The molecule has 4 nitrogen and oxygen atoms in total. The van der Waals surface area contributed by atoms with Gasteiger partial charge in [-0.3, -0.25) is 0 Å². The maximum Gasteiger partial charge on any atom is 0.0553 e. The van der Waals surface area contributed by atoms with Crippen molar-refractivity contribution in [2.45, 2.75) is 6.92 Å². The van der Waals surface area contributed by atoms with E-state index in [0.717, 1.165) is 38.7 Å². The van der Waals surface area contributed by atoms with Gasteiger partial charge in [-0.1, -0.05) is 42.5 Å². The van der Waals surface area contributed by atoms with Gasteiger partial charge in [-0.05, 0) is 41.6 Å². The molecule has 0 bridgehead atoms. The van der Waals surface area contributed by atoms with E-state index in [0.29, 0.717) is 11.1 Å². The van der Waals surface area contributed by atoms with Gasteiger partial charge in [0.25, 0.3) is 0 Å². The molecule has 4 aromatic rings. The third kappa shape index (κ3) is 1.97. The molecule has 118 valence electrons. The van der Waals surface area contributed by atoms with Crippen molar-refractivity contribution in [3.8, 4) is 11.1 Å². The highest BCUT2D eigenvalue weighted by Crippen LogP contribution is 2.38. The molecule has 0 unspecified atom stereocenters. The van der Waals surface area contributed by atoms with Crippen LogP contribution in [-0.4, -0.2) is 10.9 Å². The molecule has 0 saturated heterocycles. The van der Waals surface area contributed by atoms with Crippen molar-refractivity contribution in [1.29, 1.82) is 5.41 Å². The quantitative estimate of drug-likeness (QED) is 0.300. The highest BCUT2D eigenvalue weighted by Gasteiger charge is 2.15. The zero-order valence-corrected chi connectivity index (χ0v) is 13.2. The lowest BCUT2D eigenvalue weighted by molar-refractivity contribution is -0.214. The van der Waals surface area contributed by atoms with Crippen molar-refractivity contribution in [1.82, 2.24) is 4.98 Å². The molecule has 0 aliphatic rings. The predicted molar refractivity (Wildman–Crippen MR) is 97.2 cm³/mol. The Morgan fingerprint density at radius 1 is 1.00 bits per heavy atom. The Morgan fingerprint density at radius 2 is 1.79 bits per heavy atom. The molecule has 0 aliphatic heterocycles. The van der Waals surface area contributed by atoms with Crippen LogP contribution in [0.1, 0.15) is 11.1 Å². The number of benzene rings is 3. The number of rotatable bonds is 2. The lowest BCUT2D eigenvalue weighted by Crippen LogP contribution is -2.17. The summed E-state index contributed by atoms with van der Waals surface area (Å²) in [5.74, 6) is -0.692. The van der Waals surface area contributed by atoms with E-state index < -0.39 is 5.90 Å². The summed E-state index contributed by atoms with van der Waals surface area (Å²) in [6.07, 6.45) is 0. The van der Waals surface area contributed by atoms with E-state index in [-0.39, 0.29) is 0 Å². The summed E-state index contributed by atoms with van der Waals surface area (Å²) < 4.78 is 0. The first-order valence-corrected chi connectivity index (χ1v) is 7.72. The van der Waals surface area contributed by atoms with E-state index >= 15 is 0 Å². The largest absolute Gasteiger partial charge is 0.859 e. The fraction of sp³-hybridized carbons (Fsp3) is 0.0500. The number of aromatic amines is 1. The fourth-order valence-electron chi connectivity index (χ4n) is 3.32. The second kappa shape index (κ2) is 5.13. The van der Waals surface area contributed by atoms with Gasteiger partial charge in [0.05, 0.1) is 5.52 Å². The van der Waals surface area contributed by atoms with Crippen LogP contribution in [0, 0.1) is 12.3 Å². The summed E-state index contributed by atoms with van der Waals surface area (Å²) in [5, 5.41) is 21.3. The van der Waals surface area contributed by atoms with Crippen LogP contribution in [0.25, 0.3) is 32.9 Å². The Bertz CT molecular complexity index is 1110. The lowest BCUT2D eigenvalue weighted by Gasteiger charge is -2.14. The number of fused-ring (bicyclic) bond motifs is 3. The minimum absolute atomic E-state index is 0.381. The number of anilines is 1. The Morgan fingerprint density at radius 3 is 2.58 bits per heavy atom. The SMILES string of the molecule is Cc1c(N)cccc1-c1ccc(C(=N)[O-])c2[nH]c3ccccc3c12. The zero-order valence-electron chi connectivity index (χ0n) is 13.2. The smallest absolute Gasteiger partial charge is 0.0553 e. The van der Waals surface area contributed by atoms with Gasteiger partial charge in [-0.2, -0.15) is 0 Å². The van der Waals surface area contributed by atoms with Crippen LogP contribution in [-0.2, 0) is 0 Å². The summed E-state index contributed by atoms with van der Waals surface area (Å²) in [5.41, 5.74) is 11.9. The predicted octanol–water partition coefficient (Wildman–Crippen LogP) is 3.56. The second-order valence-corrected chi connectivity index (χ2v) is 5.93. The van der Waals surface area contributed by atoms with Gasteiger partial charge in [0.15, 0.2) is 0 Å². The molecule has 4 N–H and O–H groups in total. The van der Waals surface area contributed by atoms with Crippen LogP contribution in [0.3, 0.4) is 0 Å². The molecular weight excluding hydrogens is 298 g/mol. The normalized spacial score (nSPS) is 11.2. The molecule has 24 heavy (non-hydrogen) atoms. The van der Waals surface area contributed by atoms with Gasteiger partial charge in [0.1, 0.15) is 0 Å². The average Bonchev–Trinajstić information content (AvgIpc) is 2.96. The molecule has 1 heterocycles. The van der Waals surface area contributed by atoms with E-state index in [9.17, 15) is 5.11 Å². The number of nitrogens with one attached hydrogen (secondary N) is 2. The van der Waals surface area contributed by atoms with E-state index in [1.54, 1.807) is 6.07 Å². The maximum absolute atomic E-state index is 11.7. The van der Waals surface area contributed by atoms with Crippen LogP contribution in [0.2, 0.25) is 0 Å². The second-order valence-electron chi connectivity index (χ2n) is 5.93. The first-order chi connectivity index (χ1) is 11.6. The van der Waals surface area contributed by atoms with Gasteiger partial charge in [0, 0.05) is 27.5 Å². The van der Waals surface area contributed by atoms with Crippen LogP contribution in [0.15, 0.2) is 54.6 Å². The Balaban J connectivity index is 2.19. The van der Waals surface area contributed by atoms with Gasteiger partial charge >= 0.3 is 0 Å². The van der Waals surface area contributed by atoms with Gasteiger partial charge < -0.3 is 21.2 Å². The van der Waals surface area contributed by atoms with Crippen LogP contribution < -0.4 is 10.8 Å². The molecule has 4 rings (SSSR count). The van der Waals surface area contributed by atoms with Gasteiger partial charge in [0.2, 0.25) is 0 Å². The number of nitrogens with two attached hydrogens (primary N) is 1. The highest BCUT2D eigenvalue weighted by atomic mass is 16.3. The molecular formula is C20H16N3O-. The number of hydrogen-bond donors (Lipinski definition) is 3. The van der Waals surface area contributed by atoms with Crippen LogP contribution in [0.4, 0.5) is 5.69 Å². The molecule has 0 saturated carbocycles. The van der Waals surface area contributed by atoms with E-state index in [2.05, 4.69) is 4.98 Å². The van der Waals surface area contributed by atoms with Crippen molar-refractivity contribution in [3.63, 3.8) is 0 Å². The summed E-state index contributed by atoms with van der Waals surface area (Å²) >= 11 is 0. The number of nitrogen functional groups attached to an aromatic ring is 1. The third-order valence-corrected chi connectivity index (χ3v) is 4.57. The maximum atomic E-state index is 11.7. The standard InChI is InChI=1S/C20H17N3O/c1-11-12(6-4-7-16(11)21)13-9-10-15(20(22)24)19-18(13)14-5-2-3-8-17(14)23-19/h2-10,23H,21H2,1H3,(H2,22,24)/p-1. The molecule has 0 aliphatic carbocycles. The van der Waals surface area contributed by atoms with Crippen molar-refractivity contribution < 1.29 is 5.11 Å². The van der Waals surface area contributed by atoms with Gasteiger partial charge in [-0.25, -0.2) is 0 Å². The average molecular weight is 314 g/mol. The molecule has 0 atom stereocenters. The summed E-state index contributed by atoms with van der Waals surface area (Å²) in [6.45, 7) is 1.99. The zero-order chi connectivity index (χ0) is 16.8. The minimum atomic E-state index is -0.692. The summed E-state index contributed by atoms with van der Waals surface area (Å²) in [7, 11) is 0. The first kappa shape index (κ1) is 14.3. The summed E-state index contributed by atoms with van der Waals surface area (Å²) in [4.78, 5) is 3.30. The molecule has 0 spiro atoms. The Labute approximate surface area is 139 Å². The summed E-state index contributed by atoms with van der Waals surface area (Å²) in [6, 6.07) is 17.4. The number of aromatic nitrogens is 1. The van der Waals surface area contributed by atoms with Crippen molar-refractivity contribution >= 4 is 33.4 Å². The van der Waals surface area contributed by atoms with E-state index in [1.807, 2.05) is 55.5 Å². The highest BCUT2D eigenvalue weighted by molar-refractivity contribution is 6.19. The molecule has 0 amide bonds. The topological polar surface area (TPSA) is 88.7 Å². The molecule has 0 radical (unpaired) electrons. The van der Waals surface area contributed by atoms with Crippen LogP contribution in [0.5, 0.6) is 0 Å². The van der Waals surface area contributed by atoms with Crippen molar-refractivity contribution in [3.05, 3.63) is 65.7 Å². The fourth-order valence-corrected chi connectivity index (χ4v) is 3.32.